The van der Waals surface area contributed by atoms with Crippen molar-refractivity contribution in [3.05, 3.63) is 12.7 Å². The van der Waals surface area contributed by atoms with Gasteiger partial charge >= 0.3 is 0 Å². The lowest BCUT2D eigenvalue weighted by molar-refractivity contribution is 0.263. The molecule has 1 atom stereocenters. The van der Waals surface area contributed by atoms with Gasteiger partial charge in [0.2, 0.25) is 0 Å². The zero-order valence-corrected chi connectivity index (χ0v) is 11.2. The summed E-state index contributed by atoms with van der Waals surface area (Å²) in [6, 6.07) is 0.102. The molecule has 1 heterocycles. The van der Waals surface area contributed by atoms with Crippen molar-refractivity contribution >= 4 is 29.9 Å². The predicted octanol–water partition coefficient (Wildman–Crippen LogP) is 0.870. The first kappa shape index (κ1) is 14.7. The van der Waals surface area contributed by atoms with Gasteiger partial charge in [-0.1, -0.05) is 6.08 Å². The minimum Gasteiger partial charge on any atom is -0.394 e. The number of halogens is 1. The molecule has 0 aromatic carbocycles. The Kier molecular flexibility index (Phi) is 8.79. The van der Waals surface area contributed by atoms with E-state index in [1.54, 1.807) is 0 Å². The fraction of sp³-hybridized carbons (Fsp3) is 0.700. The van der Waals surface area contributed by atoms with E-state index in [2.05, 4.69) is 22.2 Å². The van der Waals surface area contributed by atoms with E-state index < -0.39 is 0 Å². The maximum Gasteiger partial charge on any atom is 0.191 e. The summed E-state index contributed by atoms with van der Waals surface area (Å²) in [6.07, 6.45) is 5.29. The molecule has 0 aliphatic carbocycles. The average Bonchev–Trinajstić information content (AvgIpc) is 2.65. The zero-order valence-electron chi connectivity index (χ0n) is 8.91. The fourth-order valence-electron chi connectivity index (χ4n) is 1.32. The van der Waals surface area contributed by atoms with Crippen molar-refractivity contribution in [2.75, 3.05) is 19.7 Å². The van der Waals surface area contributed by atoms with E-state index in [0.717, 1.165) is 31.8 Å². The number of nitrogens with one attached hydrogen (secondary N) is 2. The van der Waals surface area contributed by atoms with Crippen LogP contribution in [0.15, 0.2) is 17.6 Å². The molecule has 0 saturated heterocycles. The molecule has 0 spiro atoms. The van der Waals surface area contributed by atoms with E-state index in [1.165, 1.54) is 0 Å². The molecule has 0 amide bonds. The number of guanidine groups is 1. The van der Waals surface area contributed by atoms with Crippen LogP contribution in [0, 0.1) is 0 Å². The Morgan fingerprint density at radius 1 is 1.60 bits per heavy atom. The Labute approximate surface area is 108 Å². The molecule has 1 rings (SSSR count). The standard InChI is InChI=1S/C10H19N3O.HI/c1-2-3-4-5-6-11-10-12-7-9(8-14)13-10;/h2,9,14H,1,3-8H2,(H2,11,12,13);1H/t9-;/m0./s1. The number of rotatable bonds is 6. The SMILES string of the molecule is C=CCCCCNC1=NC[C@@H](CO)N1.I. The van der Waals surface area contributed by atoms with E-state index in [-0.39, 0.29) is 36.6 Å². The maximum absolute atomic E-state index is 8.85. The summed E-state index contributed by atoms with van der Waals surface area (Å²) in [5.41, 5.74) is 0. The minimum atomic E-state index is 0. The van der Waals surface area contributed by atoms with Crippen LogP contribution in [0.5, 0.6) is 0 Å². The molecule has 0 fully saturated rings. The Morgan fingerprint density at radius 2 is 2.40 bits per heavy atom. The second-order valence-corrected chi connectivity index (χ2v) is 3.42. The van der Waals surface area contributed by atoms with Crippen LogP contribution in [-0.4, -0.2) is 36.8 Å². The quantitative estimate of drug-likeness (QED) is 0.386. The van der Waals surface area contributed by atoms with E-state index in [4.69, 9.17) is 5.11 Å². The van der Waals surface area contributed by atoms with E-state index in [1.807, 2.05) is 6.08 Å². The van der Waals surface area contributed by atoms with Gasteiger partial charge in [0, 0.05) is 6.54 Å². The number of nitrogens with zero attached hydrogens (tertiary/aromatic N) is 1. The number of aliphatic hydroxyl groups is 1. The van der Waals surface area contributed by atoms with Crippen molar-refractivity contribution < 1.29 is 5.11 Å². The summed E-state index contributed by atoms with van der Waals surface area (Å²) in [5, 5.41) is 15.1. The maximum atomic E-state index is 8.85. The zero-order chi connectivity index (χ0) is 10.2. The second-order valence-electron chi connectivity index (χ2n) is 3.42. The highest BCUT2D eigenvalue weighted by atomic mass is 127. The highest BCUT2D eigenvalue weighted by molar-refractivity contribution is 14.0. The van der Waals surface area contributed by atoms with Gasteiger partial charge in [-0.3, -0.25) is 4.99 Å². The molecule has 3 N–H and O–H groups in total. The van der Waals surface area contributed by atoms with Crippen LogP contribution in [0.2, 0.25) is 0 Å². The summed E-state index contributed by atoms with van der Waals surface area (Å²) in [7, 11) is 0. The smallest absolute Gasteiger partial charge is 0.191 e. The summed E-state index contributed by atoms with van der Waals surface area (Å²) in [4.78, 5) is 4.22. The van der Waals surface area contributed by atoms with Crippen LogP contribution in [0.1, 0.15) is 19.3 Å². The van der Waals surface area contributed by atoms with Crippen LogP contribution in [0.3, 0.4) is 0 Å². The highest BCUT2D eigenvalue weighted by Gasteiger charge is 2.14. The molecule has 0 bridgehead atoms. The normalized spacial score (nSPS) is 18.7. The van der Waals surface area contributed by atoms with E-state index in [0.29, 0.717) is 6.54 Å². The van der Waals surface area contributed by atoms with E-state index in [9.17, 15) is 0 Å². The molecule has 4 nitrogen and oxygen atoms in total. The Balaban J connectivity index is 0.00000196. The lowest BCUT2D eigenvalue weighted by Crippen LogP contribution is -2.40. The molecule has 0 aromatic heterocycles. The molecule has 15 heavy (non-hydrogen) atoms. The monoisotopic (exact) mass is 325 g/mol. The van der Waals surface area contributed by atoms with Gasteiger partial charge < -0.3 is 15.7 Å². The van der Waals surface area contributed by atoms with Crippen molar-refractivity contribution in [3.8, 4) is 0 Å². The molecule has 5 heteroatoms. The summed E-state index contributed by atoms with van der Waals surface area (Å²) >= 11 is 0. The number of hydrogen-bond donors (Lipinski definition) is 3. The van der Waals surface area contributed by atoms with Crippen LogP contribution in [-0.2, 0) is 0 Å². The largest absolute Gasteiger partial charge is 0.394 e. The average molecular weight is 325 g/mol. The molecule has 88 valence electrons. The van der Waals surface area contributed by atoms with Gasteiger partial charge in [-0.2, -0.15) is 0 Å². The molecule has 0 radical (unpaired) electrons. The Hall–Kier alpha value is -0.300. The molecular weight excluding hydrogens is 305 g/mol. The van der Waals surface area contributed by atoms with E-state index >= 15 is 0 Å². The first-order chi connectivity index (χ1) is 6.86. The van der Waals surface area contributed by atoms with Crippen molar-refractivity contribution in [3.63, 3.8) is 0 Å². The second kappa shape index (κ2) is 8.96. The molecule has 0 unspecified atom stereocenters. The molecular formula is C10H20IN3O. The lowest BCUT2D eigenvalue weighted by Gasteiger charge is -2.09. The third-order valence-electron chi connectivity index (χ3n) is 2.16. The van der Waals surface area contributed by atoms with Crippen LogP contribution >= 0.6 is 24.0 Å². The summed E-state index contributed by atoms with van der Waals surface area (Å²) < 4.78 is 0. The number of unbranched alkanes of at least 4 members (excludes halogenated alkanes) is 2. The first-order valence-corrected chi connectivity index (χ1v) is 5.13. The van der Waals surface area contributed by atoms with Crippen LogP contribution in [0.25, 0.3) is 0 Å². The topological polar surface area (TPSA) is 56.7 Å². The summed E-state index contributed by atoms with van der Waals surface area (Å²) in [5.74, 6) is 0.822. The van der Waals surface area contributed by atoms with Gasteiger partial charge in [-0.05, 0) is 19.3 Å². The number of aliphatic imine (C=N–C) groups is 1. The van der Waals surface area contributed by atoms with Gasteiger partial charge in [0.1, 0.15) is 0 Å². The lowest BCUT2D eigenvalue weighted by atomic mass is 10.2. The number of aliphatic hydroxyl groups excluding tert-OH is 1. The minimum absolute atomic E-state index is 0. The van der Waals surface area contributed by atoms with Crippen molar-refractivity contribution in [1.29, 1.82) is 0 Å². The fourth-order valence-corrected chi connectivity index (χ4v) is 1.32. The van der Waals surface area contributed by atoms with Gasteiger partial charge in [-0.25, -0.2) is 0 Å². The third-order valence-corrected chi connectivity index (χ3v) is 2.16. The Bertz CT molecular complexity index is 209. The van der Waals surface area contributed by atoms with Crippen molar-refractivity contribution in [1.82, 2.24) is 10.6 Å². The first-order valence-electron chi connectivity index (χ1n) is 5.13. The van der Waals surface area contributed by atoms with Gasteiger partial charge in [0.25, 0.3) is 0 Å². The van der Waals surface area contributed by atoms with Crippen LogP contribution in [0.4, 0.5) is 0 Å². The van der Waals surface area contributed by atoms with Gasteiger partial charge in [0.15, 0.2) is 5.96 Å². The predicted molar refractivity (Wildman–Crippen MR) is 73.8 cm³/mol. The molecule has 0 aromatic rings. The Morgan fingerprint density at radius 3 is 3.00 bits per heavy atom. The molecule has 0 saturated carbocycles. The molecule has 1 aliphatic rings. The summed E-state index contributed by atoms with van der Waals surface area (Å²) in [6.45, 7) is 5.42. The van der Waals surface area contributed by atoms with Gasteiger partial charge in [-0.15, -0.1) is 30.6 Å². The van der Waals surface area contributed by atoms with Gasteiger partial charge in [0.05, 0.1) is 19.2 Å². The van der Waals surface area contributed by atoms with Crippen molar-refractivity contribution in [2.24, 2.45) is 4.99 Å². The number of hydrogen-bond acceptors (Lipinski definition) is 4. The van der Waals surface area contributed by atoms with Crippen molar-refractivity contribution in [2.45, 2.75) is 25.3 Å². The highest BCUT2D eigenvalue weighted by Crippen LogP contribution is 1.96. The third kappa shape index (κ3) is 5.99. The molecule has 1 aliphatic heterocycles. The number of allylic oxidation sites excluding steroid dienone is 1. The van der Waals surface area contributed by atoms with Crippen LogP contribution < -0.4 is 10.6 Å².